The predicted molar refractivity (Wildman–Crippen MR) is 133 cm³/mol. The van der Waals surface area contributed by atoms with Crippen LogP contribution in [-0.2, 0) is 0 Å². The van der Waals surface area contributed by atoms with E-state index in [0.29, 0.717) is 40.8 Å². The Hall–Kier alpha value is -3.85. The first-order chi connectivity index (χ1) is 17.0. The number of carboxylic acids is 1. The molecule has 2 atom stereocenters. The largest absolute Gasteiger partial charge is 0.475 e. The first kappa shape index (κ1) is 21.7. The van der Waals surface area contributed by atoms with Gasteiger partial charge in [-0.15, -0.1) is 0 Å². The number of hydrogen-bond acceptors (Lipinski definition) is 7. The molecule has 3 fully saturated rings. The molecule has 3 saturated heterocycles. The predicted octanol–water partition coefficient (Wildman–Crippen LogP) is 4.49. The molecule has 0 saturated carbocycles. The molecular formula is C26H28N6O3. The zero-order chi connectivity index (χ0) is 24.1. The minimum absolute atomic E-state index is 0.116. The first-order valence-corrected chi connectivity index (χ1v) is 12.0. The fourth-order valence-corrected chi connectivity index (χ4v) is 5.49. The van der Waals surface area contributed by atoms with Gasteiger partial charge in [0.25, 0.3) is 0 Å². The highest BCUT2D eigenvalue weighted by atomic mass is 16.4. The van der Waals surface area contributed by atoms with E-state index in [2.05, 4.69) is 63.2 Å². The van der Waals surface area contributed by atoms with Crippen LogP contribution in [-0.4, -0.2) is 61.6 Å². The fourth-order valence-electron chi connectivity index (χ4n) is 5.49. The van der Waals surface area contributed by atoms with Gasteiger partial charge in [-0.2, -0.15) is 0 Å². The molecule has 2 N–H and O–H groups in total. The van der Waals surface area contributed by atoms with Crippen LogP contribution in [0.15, 0.2) is 59.6 Å². The van der Waals surface area contributed by atoms with Gasteiger partial charge in [0.1, 0.15) is 6.26 Å². The highest BCUT2D eigenvalue weighted by Crippen LogP contribution is 2.34. The maximum atomic E-state index is 11.2. The molecule has 4 aromatic rings. The molecule has 3 aromatic heterocycles. The number of piperidine rings is 2. The van der Waals surface area contributed by atoms with Crippen molar-refractivity contribution in [1.29, 1.82) is 0 Å². The van der Waals surface area contributed by atoms with Gasteiger partial charge in [0.2, 0.25) is 5.76 Å². The van der Waals surface area contributed by atoms with E-state index >= 15 is 0 Å². The third-order valence-corrected chi connectivity index (χ3v) is 7.23. The molecule has 9 nitrogen and oxygen atoms in total. The maximum absolute atomic E-state index is 11.2. The van der Waals surface area contributed by atoms with Gasteiger partial charge in [-0.25, -0.2) is 14.8 Å². The van der Waals surface area contributed by atoms with Gasteiger partial charge in [-0.3, -0.25) is 9.30 Å². The van der Waals surface area contributed by atoms with Crippen LogP contribution < -0.4 is 10.2 Å². The molecular weight excluding hydrogens is 444 g/mol. The van der Waals surface area contributed by atoms with Crippen molar-refractivity contribution >= 4 is 28.8 Å². The number of imidazole rings is 1. The second-order valence-electron chi connectivity index (χ2n) is 9.62. The molecule has 0 radical (unpaired) electrons. The molecule has 3 aliphatic rings. The van der Waals surface area contributed by atoms with Gasteiger partial charge < -0.3 is 19.7 Å². The molecule has 0 spiro atoms. The van der Waals surface area contributed by atoms with Crippen LogP contribution in [0.2, 0.25) is 0 Å². The molecule has 35 heavy (non-hydrogen) atoms. The minimum Gasteiger partial charge on any atom is -0.475 e. The maximum Gasteiger partial charge on any atom is 0.371 e. The number of aromatic nitrogens is 3. The number of fused-ring (bicyclic) bond motifs is 4. The lowest BCUT2D eigenvalue weighted by atomic mass is 9.89. The van der Waals surface area contributed by atoms with Crippen LogP contribution in [0.4, 0.5) is 17.2 Å². The van der Waals surface area contributed by atoms with Crippen LogP contribution in [0.5, 0.6) is 0 Å². The van der Waals surface area contributed by atoms with Crippen LogP contribution in [0.3, 0.4) is 0 Å². The van der Waals surface area contributed by atoms with Gasteiger partial charge in [0.05, 0.1) is 11.9 Å². The van der Waals surface area contributed by atoms with Crippen molar-refractivity contribution in [3.05, 3.63) is 60.9 Å². The van der Waals surface area contributed by atoms with Gasteiger partial charge >= 0.3 is 5.97 Å². The molecule has 0 aliphatic carbocycles. The summed E-state index contributed by atoms with van der Waals surface area (Å²) in [6.45, 7) is 6.82. The number of nitrogens with zero attached hydrogens (tertiary/aromatic N) is 5. The highest BCUT2D eigenvalue weighted by Gasteiger charge is 2.39. The van der Waals surface area contributed by atoms with Crippen molar-refractivity contribution in [2.45, 2.75) is 44.8 Å². The summed E-state index contributed by atoms with van der Waals surface area (Å²) < 4.78 is 7.01. The number of carbonyl (C=O) groups is 1. The van der Waals surface area contributed by atoms with E-state index in [1.54, 1.807) is 12.4 Å². The number of carboxylic acid groups (broad SMARTS) is 1. The third-order valence-electron chi connectivity index (χ3n) is 7.23. The Bertz CT molecular complexity index is 1380. The van der Waals surface area contributed by atoms with Crippen LogP contribution in [0, 0.1) is 0 Å². The zero-order valence-corrected chi connectivity index (χ0v) is 19.8. The van der Waals surface area contributed by atoms with E-state index in [1.807, 2.05) is 10.6 Å². The molecule has 9 heteroatoms. The molecule has 180 valence electrons. The number of hydrogen-bond donors (Lipinski definition) is 2. The Morgan fingerprint density at radius 1 is 1.14 bits per heavy atom. The normalized spacial score (nSPS) is 20.1. The minimum atomic E-state index is -1.11. The Labute approximate surface area is 203 Å². The van der Waals surface area contributed by atoms with Crippen LogP contribution in [0.1, 0.15) is 37.2 Å². The van der Waals surface area contributed by atoms with Crippen molar-refractivity contribution in [1.82, 2.24) is 19.3 Å². The summed E-state index contributed by atoms with van der Waals surface area (Å²) >= 11 is 0. The molecule has 7 rings (SSSR count). The molecule has 0 amide bonds. The number of anilines is 3. The van der Waals surface area contributed by atoms with Gasteiger partial charge in [0, 0.05) is 66.6 Å². The highest BCUT2D eigenvalue weighted by molar-refractivity contribution is 5.86. The van der Waals surface area contributed by atoms with Crippen molar-refractivity contribution in [3.8, 4) is 11.3 Å². The monoisotopic (exact) mass is 472 g/mol. The summed E-state index contributed by atoms with van der Waals surface area (Å²) in [6, 6.07) is 11.8. The van der Waals surface area contributed by atoms with Gasteiger partial charge in [-0.1, -0.05) is 0 Å². The number of nitrogens with one attached hydrogen (secondary N) is 1. The van der Waals surface area contributed by atoms with E-state index in [-0.39, 0.29) is 5.76 Å². The first-order valence-electron chi connectivity index (χ1n) is 12.0. The van der Waals surface area contributed by atoms with Crippen molar-refractivity contribution < 1.29 is 14.3 Å². The molecule has 2 bridgehead atoms. The fraction of sp³-hybridized carbons (Fsp3) is 0.346. The second kappa shape index (κ2) is 8.42. The lowest BCUT2D eigenvalue weighted by molar-refractivity contribution is 0.0662. The Morgan fingerprint density at radius 3 is 2.63 bits per heavy atom. The molecule has 6 heterocycles. The summed E-state index contributed by atoms with van der Waals surface area (Å²) in [5, 5.41) is 12.5. The van der Waals surface area contributed by atoms with E-state index < -0.39 is 5.97 Å². The molecule has 1 aromatic carbocycles. The van der Waals surface area contributed by atoms with Gasteiger partial charge in [0.15, 0.2) is 11.5 Å². The van der Waals surface area contributed by atoms with Crippen molar-refractivity contribution in [2.75, 3.05) is 23.3 Å². The number of rotatable bonds is 6. The number of aromatic carboxylic acids is 1. The van der Waals surface area contributed by atoms with E-state index in [1.165, 1.54) is 30.9 Å². The summed E-state index contributed by atoms with van der Waals surface area (Å²) in [7, 11) is 0. The Morgan fingerprint density at radius 2 is 1.94 bits per heavy atom. The van der Waals surface area contributed by atoms with E-state index in [9.17, 15) is 4.79 Å². The van der Waals surface area contributed by atoms with Crippen LogP contribution >= 0.6 is 0 Å². The second-order valence-corrected chi connectivity index (χ2v) is 9.62. The van der Waals surface area contributed by atoms with E-state index in [4.69, 9.17) is 9.52 Å². The van der Waals surface area contributed by atoms with E-state index in [0.717, 1.165) is 18.8 Å². The third kappa shape index (κ3) is 3.81. The Balaban J connectivity index is 1.22. The number of piperazine rings is 1. The SMILES string of the molecule is CC(C)N1CC2CCC1CN2c1ccc(Nc2ncc(-c3coc(C(=O)O)c3)n3ccnc23)cc1. The molecule has 2 unspecified atom stereocenters. The number of furan rings is 1. The molecule has 3 aliphatic heterocycles. The lowest BCUT2D eigenvalue weighted by Gasteiger charge is -2.54. The Kier molecular flexibility index (Phi) is 5.21. The van der Waals surface area contributed by atoms with Crippen molar-refractivity contribution in [3.63, 3.8) is 0 Å². The lowest BCUT2D eigenvalue weighted by Crippen LogP contribution is -2.64. The standard InChI is InChI=1S/C26H28N6O3/c1-16(2)31-13-21-8-7-20(31)14-32(21)19-5-3-18(4-6-19)29-24-25-27-9-10-30(25)22(12-28-24)17-11-23(26(33)34)35-15-17/h3-6,9-12,15-16,20-21H,7-8,13-14H2,1-2H3,(H,28,29)(H,33,34). The summed E-state index contributed by atoms with van der Waals surface area (Å²) in [4.78, 5) is 25.4. The topological polar surface area (TPSA) is 99.1 Å². The van der Waals surface area contributed by atoms with Crippen molar-refractivity contribution in [2.24, 2.45) is 0 Å². The van der Waals surface area contributed by atoms with Crippen LogP contribution in [0.25, 0.3) is 16.9 Å². The quantitative estimate of drug-likeness (QED) is 0.423. The van der Waals surface area contributed by atoms with Gasteiger partial charge in [-0.05, 0) is 51.0 Å². The zero-order valence-electron chi connectivity index (χ0n) is 19.8. The summed E-state index contributed by atoms with van der Waals surface area (Å²) in [5.74, 6) is -0.602. The average molecular weight is 473 g/mol. The summed E-state index contributed by atoms with van der Waals surface area (Å²) in [6.07, 6.45) is 9.16. The summed E-state index contributed by atoms with van der Waals surface area (Å²) in [5.41, 5.74) is 4.16. The smallest absolute Gasteiger partial charge is 0.371 e. The average Bonchev–Trinajstić information content (AvgIpc) is 3.56. The number of benzene rings is 1.